The lowest BCUT2D eigenvalue weighted by Crippen LogP contribution is -2.32. The summed E-state index contributed by atoms with van der Waals surface area (Å²) in [5.74, 6) is -0.453. The monoisotopic (exact) mass is 354 g/mol. The van der Waals surface area contributed by atoms with Crippen LogP contribution < -0.4 is 22.3 Å². The van der Waals surface area contributed by atoms with Crippen molar-refractivity contribution < 1.29 is 9.90 Å². The van der Waals surface area contributed by atoms with Crippen molar-refractivity contribution in [3.8, 4) is 5.75 Å². The van der Waals surface area contributed by atoms with Gasteiger partial charge in [-0.05, 0) is 25.0 Å². The van der Waals surface area contributed by atoms with E-state index in [1.54, 1.807) is 6.07 Å². The van der Waals surface area contributed by atoms with Crippen LogP contribution in [-0.2, 0) is 11.3 Å². The Hall–Kier alpha value is -1.28. The van der Waals surface area contributed by atoms with Gasteiger partial charge in [0.2, 0.25) is 5.91 Å². The first-order valence-electron chi connectivity index (χ1n) is 6.65. The minimum absolute atomic E-state index is 0. The number of aromatic nitrogens is 1. The summed E-state index contributed by atoms with van der Waals surface area (Å²) < 4.78 is 1.30. The lowest BCUT2D eigenvalue weighted by Gasteiger charge is -2.09. The van der Waals surface area contributed by atoms with E-state index >= 15 is 0 Å². The largest absolute Gasteiger partial charge is 0.503 e. The molecule has 1 aromatic rings. The first-order valence-corrected chi connectivity index (χ1v) is 6.65. The van der Waals surface area contributed by atoms with Crippen molar-refractivity contribution in [3.63, 3.8) is 0 Å². The van der Waals surface area contributed by atoms with Crippen LogP contribution in [-0.4, -0.2) is 34.7 Å². The molecule has 6 N–H and O–H groups in total. The fourth-order valence-corrected chi connectivity index (χ4v) is 1.72. The third kappa shape index (κ3) is 8.23. The molecular formula is C13H24Cl2N4O3. The highest BCUT2D eigenvalue weighted by Crippen LogP contribution is 1.98. The zero-order valence-corrected chi connectivity index (χ0v) is 13.9. The molecular weight excluding hydrogens is 331 g/mol. The normalized spacial score (nSPS) is 11.0. The van der Waals surface area contributed by atoms with Crippen molar-refractivity contribution in [2.75, 3.05) is 13.1 Å². The molecule has 1 unspecified atom stereocenters. The van der Waals surface area contributed by atoms with E-state index in [0.29, 0.717) is 13.1 Å². The predicted octanol–water partition coefficient (Wildman–Crippen LogP) is -0.0300. The van der Waals surface area contributed by atoms with Gasteiger partial charge in [-0.1, -0.05) is 0 Å². The van der Waals surface area contributed by atoms with E-state index in [2.05, 4.69) is 5.32 Å². The molecule has 22 heavy (non-hydrogen) atoms. The number of rotatable bonds is 8. The van der Waals surface area contributed by atoms with Crippen molar-refractivity contribution in [3.05, 3.63) is 28.7 Å². The zero-order chi connectivity index (χ0) is 15.0. The molecule has 1 amide bonds. The van der Waals surface area contributed by atoms with Crippen LogP contribution in [0.15, 0.2) is 23.1 Å². The first-order chi connectivity index (χ1) is 9.54. The van der Waals surface area contributed by atoms with Crippen LogP contribution in [0, 0.1) is 0 Å². The number of hydrogen-bond acceptors (Lipinski definition) is 5. The van der Waals surface area contributed by atoms with Crippen LogP contribution in [0.4, 0.5) is 0 Å². The van der Waals surface area contributed by atoms with Crippen molar-refractivity contribution >= 4 is 30.7 Å². The Morgan fingerprint density at radius 3 is 2.73 bits per heavy atom. The minimum atomic E-state index is -0.491. The van der Waals surface area contributed by atoms with Gasteiger partial charge in [0.1, 0.15) is 0 Å². The van der Waals surface area contributed by atoms with Gasteiger partial charge in [-0.3, -0.25) is 9.59 Å². The van der Waals surface area contributed by atoms with Crippen LogP contribution in [0.3, 0.4) is 0 Å². The van der Waals surface area contributed by atoms with E-state index in [-0.39, 0.29) is 55.5 Å². The van der Waals surface area contributed by atoms with E-state index in [1.807, 2.05) is 0 Å². The fourth-order valence-electron chi connectivity index (χ4n) is 1.72. The number of pyridine rings is 1. The number of hydrogen-bond donors (Lipinski definition) is 4. The van der Waals surface area contributed by atoms with E-state index in [0.717, 1.165) is 12.8 Å². The molecule has 7 nitrogen and oxygen atoms in total. The molecule has 0 aromatic carbocycles. The smallest absolute Gasteiger partial charge is 0.292 e. The molecule has 0 aliphatic carbocycles. The Morgan fingerprint density at radius 2 is 2.09 bits per heavy atom. The van der Waals surface area contributed by atoms with Gasteiger partial charge in [-0.15, -0.1) is 24.8 Å². The SMILES string of the molecule is Cl.Cl.NCC(N)CCCNC(=O)CCn1cccc(O)c1=O. The number of carbonyl (C=O) groups is 1. The van der Waals surface area contributed by atoms with Crippen LogP contribution in [0.25, 0.3) is 0 Å². The summed E-state index contributed by atoms with van der Waals surface area (Å²) >= 11 is 0. The maximum absolute atomic E-state index is 11.6. The summed E-state index contributed by atoms with van der Waals surface area (Å²) in [5.41, 5.74) is 10.6. The maximum Gasteiger partial charge on any atom is 0.292 e. The number of amides is 1. The molecule has 0 saturated carbocycles. The number of nitrogens with one attached hydrogen (secondary N) is 1. The van der Waals surface area contributed by atoms with Crippen LogP contribution in [0.2, 0.25) is 0 Å². The van der Waals surface area contributed by atoms with Crippen molar-refractivity contribution in [2.45, 2.75) is 31.8 Å². The maximum atomic E-state index is 11.6. The Bertz CT molecular complexity index is 496. The molecule has 1 heterocycles. The summed E-state index contributed by atoms with van der Waals surface area (Å²) in [6, 6.07) is 2.85. The first kappa shape index (κ1) is 23.0. The molecule has 1 atom stereocenters. The number of nitrogens with two attached hydrogens (primary N) is 2. The van der Waals surface area contributed by atoms with E-state index in [1.165, 1.54) is 16.8 Å². The van der Waals surface area contributed by atoms with Gasteiger partial charge in [0.15, 0.2) is 5.75 Å². The van der Waals surface area contributed by atoms with Gasteiger partial charge in [0.05, 0.1) is 0 Å². The van der Waals surface area contributed by atoms with E-state index in [9.17, 15) is 14.7 Å². The van der Waals surface area contributed by atoms with Gasteiger partial charge >= 0.3 is 0 Å². The van der Waals surface area contributed by atoms with Crippen molar-refractivity contribution in [1.29, 1.82) is 0 Å². The number of aromatic hydroxyl groups is 1. The summed E-state index contributed by atoms with van der Waals surface area (Å²) in [7, 11) is 0. The molecule has 0 bridgehead atoms. The summed E-state index contributed by atoms with van der Waals surface area (Å²) in [6.07, 6.45) is 3.26. The third-order valence-corrected chi connectivity index (χ3v) is 2.96. The Morgan fingerprint density at radius 1 is 1.41 bits per heavy atom. The van der Waals surface area contributed by atoms with Gasteiger partial charge in [0.25, 0.3) is 5.56 Å². The topological polar surface area (TPSA) is 123 Å². The minimum Gasteiger partial charge on any atom is -0.503 e. The molecule has 0 spiro atoms. The predicted molar refractivity (Wildman–Crippen MR) is 90.8 cm³/mol. The van der Waals surface area contributed by atoms with Gasteiger partial charge in [-0.25, -0.2) is 0 Å². The molecule has 0 aliphatic rings. The zero-order valence-electron chi connectivity index (χ0n) is 12.2. The lowest BCUT2D eigenvalue weighted by atomic mass is 10.2. The average molecular weight is 355 g/mol. The Kier molecular flexibility index (Phi) is 12.8. The second-order valence-electron chi connectivity index (χ2n) is 4.63. The molecule has 128 valence electrons. The quantitative estimate of drug-likeness (QED) is 0.488. The third-order valence-electron chi connectivity index (χ3n) is 2.96. The van der Waals surface area contributed by atoms with Crippen LogP contribution >= 0.6 is 24.8 Å². The van der Waals surface area contributed by atoms with E-state index < -0.39 is 5.56 Å². The molecule has 0 saturated heterocycles. The summed E-state index contributed by atoms with van der Waals surface area (Å²) in [4.78, 5) is 23.1. The Labute approximate surface area is 141 Å². The molecule has 1 rings (SSSR count). The second-order valence-corrected chi connectivity index (χ2v) is 4.63. The summed E-state index contributed by atoms with van der Waals surface area (Å²) in [5, 5.41) is 12.0. The molecule has 0 aliphatic heterocycles. The molecule has 0 fully saturated rings. The molecule has 9 heteroatoms. The van der Waals surface area contributed by atoms with Crippen LogP contribution in [0.1, 0.15) is 19.3 Å². The van der Waals surface area contributed by atoms with Gasteiger partial charge in [0, 0.05) is 38.3 Å². The highest BCUT2D eigenvalue weighted by Gasteiger charge is 2.05. The average Bonchev–Trinajstić information content (AvgIpc) is 2.44. The number of halogens is 2. The Balaban J connectivity index is 0. The number of nitrogens with zero attached hydrogens (tertiary/aromatic N) is 1. The summed E-state index contributed by atoms with van der Waals surface area (Å²) in [6.45, 7) is 1.22. The highest BCUT2D eigenvalue weighted by atomic mass is 35.5. The van der Waals surface area contributed by atoms with Crippen molar-refractivity contribution in [2.24, 2.45) is 11.5 Å². The van der Waals surface area contributed by atoms with E-state index in [4.69, 9.17) is 11.5 Å². The van der Waals surface area contributed by atoms with Crippen molar-refractivity contribution in [1.82, 2.24) is 9.88 Å². The van der Waals surface area contributed by atoms with Gasteiger partial charge < -0.3 is 26.5 Å². The number of aryl methyl sites for hydroxylation is 1. The molecule has 1 aromatic heterocycles. The van der Waals surface area contributed by atoms with Gasteiger partial charge in [-0.2, -0.15) is 0 Å². The second kappa shape index (κ2) is 12.3. The standard InChI is InChI=1S/C13H22N4O3.2ClH/c14-9-10(15)3-1-6-16-12(19)5-8-17-7-2-4-11(18)13(17)20;;/h2,4,7,10,18H,1,3,5-6,8-9,14-15H2,(H,16,19);2*1H. The lowest BCUT2D eigenvalue weighted by molar-refractivity contribution is -0.121. The van der Waals surface area contributed by atoms with Crippen LogP contribution in [0.5, 0.6) is 5.75 Å². The fraction of sp³-hybridized carbons (Fsp3) is 0.538. The highest BCUT2D eigenvalue weighted by molar-refractivity contribution is 5.85. The number of carbonyl (C=O) groups excluding carboxylic acids is 1. The molecule has 0 radical (unpaired) electrons.